The first kappa shape index (κ1) is 16.1. The Kier molecular flexibility index (Phi) is 3.84. The van der Waals surface area contributed by atoms with Gasteiger partial charge in [0.25, 0.3) is 5.56 Å². The quantitative estimate of drug-likeness (QED) is 0.571. The normalized spacial score (nSPS) is 18.3. The summed E-state index contributed by atoms with van der Waals surface area (Å²) in [7, 11) is 0. The van der Waals surface area contributed by atoms with Crippen molar-refractivity contribution in [1.29, 1.82) is 0 Å². The van der Waals surface area contributed by atoms with Crippen LogP contribution in [0.2, 0.25) is 0 Å². The molecule has 0 amide bonds. The molecule has 0 unspecified atom stereocenters. The number of rotatable bonds is 3. The molecule has 3 aromatic rings. The Morgan fingerprint density at radius 3 is 2.77 bits per heavy atom. The Morgan fingerprint density at radius 1 is 1.19 bits per heavy atom. The highest BCUT2D eigenvalue weighted by atomic mass is 16.6. The Balaban J connectivity index is 2.00. The highest BCUT2D eigenvalue weighted by Gasteiger charge is 2.46. The summed E-state index contributed by atoms with van der Waals surface area (Å²) in [6.45, 7) is 1.83. The first-order chi connectivity index (χ1) is 12.6. The van der Waals surface area contributed by atoms with E-state index in [0.717, 1.165) is 0 Å². The average molecular weight is 353 g/mol. The fourth-order valence-electron chi connectivity index (χ4n) is 3.28. The average Bonchev–Trinajstić information content (AvgIpc) is 3.04. The summed E-state index contributed by atoms with van der Waals surface area (Å²) < 4.78 is 16.3. The van der Waals surface area contributed by atoms with Gasteiger partial charge in [-0.15, -0.1) is 0 Å². The van der Waals surface area contributed by atoms with Crippen LogP contribution < -0.4 is 15.9 Å². The highest BCUT2D eigenvalue weighted by molar-refractivity contribution is 5.88. The molecule has 2 atom stereocenters. The number of hydrogen-bond donors (Lipinski definition) is 1. The maximum atomic E-state index is 12.6. The van der Waals surface area contributed by atoms with Crippen LogP contribution in [0, 0.1) is 0 Å². The first-order valence-corrected chi connectivity index (χ1v) is 8.18. The number of fused-ring (bicyclic) bond motifs is 3. The third-order valence-corrected chi connectivity index (χ3v) is 4.36. The first-order valence-electron chi connectivity index (χ1n) is 8.18. The molecule has 3 heterocycles. The molecule has 0 bridgehead atoms. The van der Waals surface area contributed by atoms with Crippen LogP contribution in [-0.2, 0) is 9.53 Å². The molecule has 132 valence electrons. The molecule has 1 N–H and O–H groups in total. The number of esters is 1. The van der Waals surface area contributed by atoms with Gasteiger partial charge in [-0.05, 0) is 25.1 Å². The van der Waals surface area contributed by atoms with Gasteiger partial charge in [-0.25, -0.2) is 9.59 Å². The van der Waals surface area contributed by atoms with E-state index in [1.165, 1.54) is 6.20 Å². The maximum Gasteiger partial charge on any atom is 0.348 e. The summed E-state index contributed by atoms with van der Waals surface area (Å²) in [4.78, 5) is 40.0. The smallest absolute Gasteiger partial charge is 0.348 e. The molecule has 0 saturated carbocycles. The van der Waals surface area contributed by atoms with Crippen molar-refractivity contribution in [1.82, 2.24) is 4.98 Å². The second-order valence-electron chi connectivity index (χ2n) is 5.85. The number of aromatic nitrogens is 1. The number of nitrogens with one attached hydrogen (secondary N) is 1. The van der Waals surface area contributed by atoms with Gasteiger partial charge in [0.15, 0.2) is 0 Å². The van der Waals surface area contributed by atoms with E-state index < -0.39 is 29.2 Å². The van der Waals surface area contributed by atoms with Gasteiger partial charge in [-0.1, -0.05) is 18.2 Å². The summed E-state index contributed by atoms with van der Waals surface area (Å²) in [6.07, 6.45) is 0.340. The van der Waals surface area contributed by atoms with Gasteiger partial charge in [-0.2, -0.15) is 0 Å². The lowest BCUT2D eigenvalue weighted by atomic mass is 9.89. The fraction of sp³-hybridized carbons (Fsp3) is 0.211. The van der Waals surface area contributed by atoms with Crippen molar-refractivity contribution in [3.8, 4) is 5.75 Å². The van der Waals surface area contributed by atoms with Crippen LogP contribution in [0.3, 0.4) is 0 Å². The van der Waals surface area contributed by atoms with Crippen molar-refractivity contribution in [2.75, 3.05) is 6.61 Å². The number of carbonyl (C=O) groups excluding carboxylic acids is 1. The number of pyridine rings is 1. The van der Waals surface area contributed by atoms with Crippen LogP contribution >= 0.6 is 0 Å². The van der Waals surface area contributed by atoms with Gasteiger partial charge in [0.05, 0.1) is 23.5 Å². The number of ether oxygens (including phenoxy) is 2. The van der Waals surface area contributed by atoms with Gasteiger partial charge < -0.3 is 18.9 Å². The van der Waals surface area contributed by atoms with Gasteiger partial charge in [-0.3, -0.25) is 4.79 Å². The second-order valence-corrected chi connectivity index (χ2v) is 5.85. The number of para-hydroxylation sites is 1. The fourth-order valence-corrected chi connectivity index (χ4v) is 3.28. The van der Waals surface area contributed by atoms with Crippen LogP contribution in [0.5, 0.6) is 5.75 Å². The number of hydrogen-bond acceptors (Lipinski definition) is 6. The molecule has 0 spiro atoms. The van der Waals surface area contributed by atoms with Crippen molar-refractivity contribution in [2.45, 2.75) is 18.9 Å². The Hall–Kier alpha value is -3.35. The number of aromatic amines is 1. The van der Waals surface area contributed by atoms with E-state index in [0.29, 0.717) is 11.0 Å². The van der Waals surface area contributed by atoms with Crippen LogP contribution in [-0.4, -0.2) is 23.7 Å². The zero-order valence-corrected chi connectivity index (χ0v) is 13.9. The maximum absolute atomic E-state index is 12.6. The van der Waals surface area contributed by atoms with E-state index in [-0.39, 0.29) is 23.5 Å². The van der Waals surface area contributed by atoms with E-state index in [4.69, 9.17) is 13.9 Å². The zero-order chi connectivity index (χ0) is 18.3. The van der Waals surface area contributed by atoms with Gasteiger partial charge in [0.2, 0.25) is 6.10 Å². The molecule has 1 aliphatic heterocycles. The standard InChI is InChI=1S/C19H15NO6/c1-2-24-19(23)16-13(11-7-5-9-20-17(11)21)14-15(26-16)10-6-3-4-8-12(10)25-18(14)22/h3-9,13,16H,2H2,1H3,(H,20,21)/t13-,16+/m1/s1. The predicted molar refractivity (Wildman–Crippen MR) is 92.4 cm³/mol. The molecule has 2 aromatic heterocycles. The lowest BCUT2D eigenvalue weighted by Gasteiger charge is -2.16. The number of H-pyrrole nitrogens is 1. The summed E-state index contributed by atoms with van der Waals surface area (Å²) in [5, 5.41) is 0.561. The number of carbonyl (C=O) groups is 1. The molecule has 0 radical (unpaired) electrons. The number of benzene rings is 1. The minimum absolute atomic E-state index is 0.151. The van der Waals surface area contributed by atoms with E-state index in [1.807, 2.05) is 0 Å². The SMILES string of the molecule is CCOC(=O)[C@H]1Oc2c(c(=O)oc3ccccc23)[C@H]1c1ccc[nH]c1=O. The van der Waals surface area contributed by atoms with E-state index in [9.17, 15) is 14.4 Å². The molecule has 0 fully saturated rings. The summed E-state index contributed by atoms with van der Waals surface area (Å²) in [6, 6.07) is 10.1. The topological polar surface area (TPSA) is 98.6 Å². The molecule has 0 aliphatic carbocycles. The van der Waals surface area contributed by atoms with E-state index >= 15 is 0 Å². The van der Waals surface area contributed by atoms with Gasteiger partial charge >= 0.3 is 11.6 Å². The minimum atomic E-state index is -1.14. The van der Waals surface area contributed by atoms with E-state index in [2.05, 4.69) is 4.98 Å². The van der Waals surface area contributed by atoms with Crippen molar-refractivity contribution in [3.05, 3.63) is 74.5 Å². The third kappa shape index (κ3) is 2.40. The van der Waals surface area contributed by atoms with Crippen LogP contribution in [0.15, 0.2) is 56.6 Å². The Labute approximate surface area is 147 Å². The van der Waals surface area contributed by atoms with Crippen molar-refractivity contribution in [2.24, 2.45) is 0 Å². The summed E-state index contributed by atoms with van der Waals surface area (Å²) >= 11 is 0. The molecular weight excluding hydrogens is 338 g/mol. The van der Waals surface area contributed by atoms with E-state index in [1.54, 1.807) is 43.3 Å². The predicted octanol–water partition coefficient (Wildman–Crippen LogP) is 1.94. The van der Waals surface area contributed by atoms with Crippen molar-refractivity contribution < 1.29 is 18.7 Å². The lowest BCUT2D eigenvalue weighted by molar-refractivity contribution is -0.151. The second kappa shape index (κ2) is 6.18. The molecule has 4 rings (SSSR count). The summed E-state index contributed by atoms with van der Waals surface area (Å²) in [5.41, 5.74) is -0.304. The molecule has 26 heavy (non-hydrogen) atoms. The monoisotopic (exact) mass is 353 g/mol. The molecular formula is C19H15NO6. The van der Waals surface area contributed by atoms with Crippen molar-refractivity contribution in [3.63, 3.8) is 0 Å². The minimum Gasteiger partial charge on any atom is -0.476 e. The highest BCUT2D eigenvalue weighted by Crippen LogP contribution is 2.43. The summed E-state index contributed by atoms with van der Waals surface area (Å²) in [5.74, 6) is -1.29. The molecule has 7 nitrogen and oxygen atoms in total. The molecule has 1 aromatic carbocycles. The molecule has 1 aliphatic rings. The largest absolute Gasteiger partial charge is 0.476 e. The molecule has 0 saturated heterocycles. The van der Waals surface area contributed by atoms with Gasteiger partial charge in [0, 0.05) is 11.8 Å². The Bertz CT molecular complexity index is 1110. The van der Waals surface area contributed by atoms with Crippen LogP contribution in [0.25, 0.3) is 11.0 Å². The zero-order valence-electron chi connectivity index (χ0n) is 13.9. The lowest BCUT2D eigenvalue weighted by Crippen LogP contribution is -2.35. The van der Waals surface area contributed by atoms with Crippen LogP contribution in [0.1, 0.15) is 24.0 Å². The van der Waals surface area contributed by atoms with Crippen LogP contribution in [0.4, 0.5) is 0 Å². The van der Waals surface area contributed by atoms with Gasteiger partial charge in [0.1, 0.15) is 11.3 Å². The Morgan fingerprint density at radius 2 is 2.00 bits per heavy atom. The third-order valence-electron chi connectivity index (χ3n) is 4.36. The molecule has 7 heteroatoms. The van der Waals surface area contributed by atoms with Crippen molar-refractivity contribution >= 4 is 16.9 Å².